The molecule has 3 heterocycles. The molecule has 0 amide bonds. The van der Waals surface area contributed by atoms with Crippen molar-refractivity contribution in [2.75, 3.05) is 43.4 Å². The molecule has 3 aromatic rings. The van der Waals surface area contributed by atoms with Crippen LogP contribution in [-0.4, -0.2) is 103 Å². The normalized spacial score (nSPS) is 15.4. The van der Waals surface area contributed by atoms with Crippen molar-refractivity contribution in [1.29, 1.82) is 0 Å². The van der Waals surface area contributed by atoms with Gasteiger partial charge in [-0.05, 0) is 25.6 Å². The Bertz CT molecular complexity index is 1220. The minimum Gasteiger partial charge on any atom is -0.479 e. The first kappa shape index (κ1) is 28.2. The van der Waals surface area contributed by atoms with Crippen molar-refractivity contribution in [3.05, 3.63) is 59.5 Å². The van der Waals surface area contributed by atoms with Gasteiger partial charge in [-0.2, -0.15) is 5.10 Å². The van der Waals surface area contributed by atoms with Crippen LogP contribution in [0.4, 0.5) is 17.5 Å². The monoisotopic (exact) mass is 525 g/mol. The molecule has 1 fully saturated rings. The summed E-state index contributed by atoms with van der Waals surface area (Å²) in [4.78, 5) is 33.6. The van der Waals surface area contributed by atoms with E-state index < -0.39 is 24.1 Å². The number of aromatic nitrogens is 4. The third-order valence-corrected chi connectivity index (χ3v) is 5.55. The maximum Gasteiger partial charge on any atom is 0.335 e. The Hall–Kier alpha value is -4.33. The van der Waals surface area contributed by atoms with Crippen LogP contribution in [0, 0.1) is 6.92 Å². The summed E-state index contributed by atoms with van der Waals surface area (Å²) in [7, 11) is 2.15. The maximum absolute atomic E-state index is 9.77. The highest BCUT2D eigenvalue weighted by Gasteiger charge is 2.29. The number of hydrogen-bond donors (Lipinski definition) is 6. The molecule has 0 bridgehead atoms. The fraction of sp³-hybridized carbons (Fsp3) is 0.320. The number of H-pyrrole nitrogens is 1. The van der Waals surface area contributed by atoms with Gasteiger partial charge in [0.05, 0.1) is 0 Å². The van der Waals surface area contributed by atoms with Crippen molar-refractivity contribution >= 4 is 41.5 Å². The number of rotatable bonds is 8. The number of piperazine rings is 1. The lowest BCUT2D eigenvalue weighted by Gasteiger charge is -2.33. The quantitative estimate of drug-likeness (QED) is 0.246. The summed E-state index contributed by atoms with van der Waals surface area (Å²) in [6.45, 7) is 5.94. The Kier molecular flexibility index (Phi) is 9.87. The molecule has 13 nitrogen and oxygen atoms in total. The second-order valence-corrected chi connectivity index (χ2v) is 8.63. The molecule has 38 heavy (non-hydrogen) atoms. The van der Waals surface area contributed by atoms with Crippen LogP contribution in [0.5, 0.6) is 0 Å². The standard InChI is InChI=1S/C21H25N7.C4H6O6/c1-16-14-20(26-25-16)23-19-15-21(28-12-10-27(2)11-13-28)24-18(22-19)9-8-17-6-4-3-5-7-17;5-1(3(7)8)2(6)4(9)10/h3-9,14-15H,10-13H2,1-2H3,(H2,22,23,24,25,26);1-2,5-6H,(H,7,8)(H,9,10). The third kappa shape index (κ3) is 8.37. The molecule has 4 rings (SSSR count). The number of aromatic amines is 1. The van der Waals surface area contributed by atoms with Gasteiger partial charge in [-0.25, -0.2) is 19.6 Å². The van der Waals surface area contributed by atoms with E-state index in [2.05, 4.69) is 49.5 Å². The van der Waals surface area contributed by atoms with Crippen molar-refractivity contribution in [2.45, 2.75) is 19.1 Å². The Morgan fingerprint density at radius 3 is 2.13 bits per heavy atom. The van der Waals surface area contributed by atoms with E-state index in [0.29, 0.717) is 5.82 Å². The number of likely N-dealkylation sites (N-methyl/N-ethyl adjacent to an activating group) is 1. The van der Waals surface area contributed by atoms with Crippen LogP contribution < -0.4 is 10.2 Å². The highest BCUT2D eigenvalue weighted by atomic mass is 16.4. The zero-order chi connectivity index (χ0) is 27.7. The van der Waals surface area contributed by atoms with Gasteiger partial charge in [0, 0.05) is 44.0 Å². The number of carboxylic acids is 2. The second-order valence-electron chi connectivity index (χ2n) is 8.63. The van der Waals surface area contributed by atoms with Crippen molar-refractivity contribution < 1.29 is 30.0 Å². The van der Waals surface area contributed by atoms with Gasteiger partial charge < -0.3 is 35.5 Å². The molecular weight excluding hydrogens is 494 g/mol. The fourth-order valence-corrected chi connectivity index (χ4v) is 3.41. The van der Waals surface area contributed by atoms with Gasteiger partial charge in [-0.3, -0.25) is 5.10 Å². The van der Waals surface area contributed by atoms with E-state index in [1.54, 1.807) is 0 Å². The Morgan fingerprint density at radius 2 is 1.58 bits per heavy atom. The van der Waals surface area contributed by atoms with Crippen LogP contribution in [0.15, 0.2) is 42.5 Å². The smallest absolute Gasteiger partial charge is 0.335 e. The van der Waals surface area contributed by atoms with Gasteiger partial charge >= 0.3 is 11.9 Å². The van der Waals surface area contributed by atoms with Gasteiger partial charge in [0.1, 0.15) is 11.6 Å². The summed E-state index contributed by atoms with van der Waals surface area (Å²) in [5.41, 5.74) is 2.12. The van der Waals surface area contributed by atoms with Crippen LogP contribution in [0.1, 0.15) is 17.1 Å². The van der Waals surface area contributed by atoms with E-state index >= 15 is 0 Å². The SMILES string of the molecule is Cc1cc(Nc2cc(N3CCN(C)CC3)nc(C=Cc3ccccc3)n2)n[nH]1.O=C(O)C(O)C(O)C(=O)O. The second kappa shape index (κ2) is 13.3. The van der Waals surface area contributed by atoms with E-state index in [1.807, 2.05) is 49.4 Å². The van der Waals surface area contributed by atoms with Crippen LogP contribution in [0.2, 0.25) is 0 Å². The van der Waals surface area contributed by atoms with Gasteiger partial charge in [0.25, 0.3) is 0 Å². The number of aryl methyl sites for hydroxylation is 1. The Labute approximate surface area is 219 Å². The molecule has 1 aliphatic rings. The summed E-state index contributed by atoms with van der Waals surface area (Å²) >= 11 is 0. The molecule has 202 valence electrons. The minimum atomic E-state index is -2.27. The van der Waals surface area contributed by atoms with Crippen LogP contribution in [0.25, 0.3) is 12.2 Å². The lowest BCUT2D eigenvalue weighted by Crippen LogP contribution is -2.44. The van der Waals surface area contributed by atoms with Gasteiger partial charge in [-0.1, -0.05) is 36.4 Å². The molecule has 1 aliphatic heterocycles. The predicted molar refractivity (Wildman–Crippen MR) is 141 cm³/mol. The molecule has 1 saturated heterocycles. The number of anilines is 3. The predicted octanol–water partition coefficient (Wildman–Crippen LogP) is 1.05. The van der Waals surface area contributed by atoms with Gasteiger partial charge in [-0.15, -0.1) is 0 Å². The molecule has 13 heteroatoms. The Balaban J connectivity index is 0.000000342. The lowest BCUT2D eigenvalue weighted by atomic mass is 10.2. The van der Waals surface area contributed by atoms with Gasteiger partial charge in [0.15, 0.2) is 23.9 Å². The topological polar surface area (TPSA) is 188 Å². The van der Waals surface area contributed by atoms with E-state index in [-0.39, 0.29) is 0 Å². The summed E-state index contributed by atoms with van der Waals surface area (Å²) in [6, 6.07) is 14.1. The molecule has 0 saturated carbocycles. The molecule has 0 radical (unpaired) electrons. The summed E-state index contributed by atoms with van der Waals surface area (Å²) < 4.78 is 0. The summed E-state index contributed by atoms with van der Waals surface area (Å²) in [5.74, 6) is -0.438. The molecule has 6 N–H and O–H groups in total. The molecule has 2 unspecified atom stereocenters. The third-order valence-electron chi connectivity index (χ3n) is 5.55. The largest absolute Gasteiger partial charge is 0.479 e. The first-order valence-corrected chi connectivity index (χ1v) is 11.8. The highest BCUT2D eigenvalue weighted by molar-refractivity contribution is 5.83. The number of hydrogen-bond acceptors (Lipinski definition) is 10. The number of carboxylic acid groups (broad SMARTS) is 2. The minimum absolute atomic E-state index is 0.676. The zero-order valence-electron chi connectivity index (χ0n) is 21.0. The van der Waals surface area contributed by atoms with Crippen molar-refractivity contribution in [3.63, 3.8) is 0 Å². The van der Waals surface area contributed by atoms with Crippen LogP contribution >= 0.6 is 0 Å². The molecule has 1 aromatic carbocycles. The number of nitrogens with one attached hydrogen (secondary N) is 2. The molecule has 0 aliphatic carbocycles. The fourth-order valence-electron chi connectivity index (χ4n) is 3.41. The zero-order valence-corrected chi connectivity index (χ0v) is 21.0. The van der Waals surface area contributed by atoms with E-state index in [4.69, 9.17) is 25.4 Å². The first-order valence-electron chi connectivity index (χ1n) is 11.8. The van der Waals surface area contributed by atoms with Crippen LogP contribution in [-0.2, 0) is 9.59 Å². The van der Waals surface area contributed by atoms with E-state index in [9.17, 15) is 9.59 Å². The lowest BCUT2D eigenvalue weighted by molar-refractivity contribution is -0.165. The van der Waals surface area contributed by atoms with Crippen molar-refractivity contribution in [1.82, 2.24) is 25.1 Å². The number of aliphatic carboxylic acids is 2. The van der Waals surface area contributed by atoms with E-state index in [1.165, 1.54) is 0 Å². The van der Waals surface area contributed by atoms with Crippen LogP contribution in [0.3, 0.4) is 0 Å². The molecule has 2 atom stereocenters. The number of carbonyl (C=O) groups is 2. The van der Waals surface area contributed by atoms with Gasteiger partial charge in [0.2, 0.25) is 0 Å². The molecular formula is C25H31N7O6. The molecule has 0 spiro atoms. The maximum atomic E-state index is 9.77. The molecule has 2 aromatic heterocycles. The van der Waals surface area contributed by atoms with E-state index in [0.717, 1.165) is 54.9 Å². The summed E-state index contributed by atoms with van der Waals surface area (Å²) in [6.07, 6.45) is -0.545. The number of aliphatic hydroxyl groups excluding tert-OH is 2. The highest BCUT2D eigenvalue weighted by Crippen LogP contribution is 2.21. The Morgan fingerprint density at radius 1 is 0.947 bits per heavy atom. The average Bonchev–Trinajstić information content (AvgIpc) is 3.32. The summed E-state index contributed by atoms with van der Waals surface area (Å²) in [5, 5.41) is 43.0. The number of nitrogens with zero attached hydrogens (tertiary/aromatic N) is 5. The number of benzene rings is 1. The number of aliphatic hydroxyl groups is 2. The first-order chi connectivity index (χ1) is 18.1. The van der Waals surface area contributed by atoms with Crippen molar-refractivity contribution in [3.8, 4) is 0 Å². The average molecular weight is 526 g/mol. The van der Waals surface area contributed by atoms with Crippen molar-refractivity contribution in [2.24, 2.45) is 0 Å².